The summed E-state index contributed by atoms with van der Waals surface area (Å²) < 4.78 is 5.31. The number of carbonyl (C=O) groups excluding carboxylic acids is 1. The highest BCUT2D eigenvalue weighted by molar-refractivity contribution is 5.68. The molecule has 1 unspecified atom stereocenters. The molecule has 5 nitrogen and oxygen atoms in total. The van der Waals surface area contributed by atoms with Crippen molar-refractivity contribution in [2.45, 2.75) is 51.8 Å². The predicted molar refractivity (Wildman–Crippen MR) is 65.9 cm³/mol. The Morgan fingerprint density at radius 3 is 2.76 bits per heavy atom. The summed E-state index contributed by atoms with van der Waals surface area (Å²) in [4.78, 5) is 13.5. The van der Waals surface area contributed by atoms with Gasteiger partial charge in [0.1, 0.15) is 5.60 Å². The Hall–Kier alpha value is -0.810. The monoisotopic (exact) mass is 244 g/mol. The van der Waals surface area contributed by atoms with Gasteiger partial charge in [-0.1, -0.05) is 0 Å². The Balaban J connectivity index is 2.37. The van der Waals surface area contributed by atoms with Crippen molar-refractivity contribution in [2.24, 2.45) is 0 Å². The molecule has 0 bridgehead atoms. The van der Waals surface area contributed by atoms with Crippen LogP contribution in [0.5, 0.6) is 0 Å². The van der Waals surface area contributed by atoms with Crippen molar-refractivity contribution in [3.8, 4) is 0 Å². The van der Waals surface area contributed by atoms with Gasteiger partial charge in [-0.15, -0.1) is 0 Å². The Morgan fingerprint density at radius 2 is 2.24 bits per heavy atom. The fraction of sp³-hybridized carbons (Fsp3) is 0.917. The van der Waals surface area contributed by atoms with E-state index in [0.717, 1.165) is 6.42 Å². The fourth-order valence-corrected chi connectivity index (χ4v) is 1.84. The van der Waals surface area contributed by atoms with Crippen LogP contribution in [0, 0.1) is 0 Å². The lowest BCUT2D eigenvalue weighted by molar-refractivity contribution is 0.0290. The predicted octanol–water partition coefficient (Wildman–Crippen LogP) is 0.966. The van der Waals surface area contributed by atoms with Crippen molar-refractivity contribution in [2.75, 3.05) is 19.7 Å². The number of aliphatic hydroxyl groups excluding tert-OH is 1. The summed E-state index contributed by atoms with van der Waals surface area (Å²) >= 11 is 0. The van der Waals surface area contributed by atoms with Crippen LogP contribution in [0.25, 0.3) is 0 Å². The molecule has 0 radical (unpaired) electrons. The van der Waals surface area contributed by atoms with Crippen LogP contribution in [0.15, 0.2) is 0 Å². The first-order chi connectivity index (χ1) is 7.81. The first-order valence-corrected chi connectivity index (χ1v) is 6.16. The smallest absolute Gasteiger partial charge is 0.410 e. The molecule has 2 atom stereocenters. The molecule has 0 spiro atoms. The van der Waals surface area contributed by atoms with Gasteiger partial charge in [-0.05, 0) is 34.1 Å². The topological polar surface area (TPSA) is 61.8 Å². The number of hydrogen-bond acceptors (Lipinski definition) is 4. The number of nitrogens with zero attached hydrogens (tertiary/aromatic N) is 1. The van der Waals surface area contributed by atoms with E-state index in [1.165, 1.54) is 0 Å². The van der Waals surface area contributed by atoms with E-state index in [1.54, 1.807) is 4.90 Å². The number of hydrogen-bond donors (Lipinski definition) is 2. The number of likely N-dealkylation sites (tertiary alicyclic amines) is 1. The van der Waals surface area contributed by atoms with Crippen molar-refractivity contribution in [1.29, 1.82) is 0 Å². The Morgan fingerprint density at radius 1 is 1.59 bits per heavy atom. The molecule has 1 amide bonds. The van der Waals surface area contributed by atoms with E-state index in [0.29, 0.717) is 13.1 Å². The van der Waals surface area contributed by atoms with Crippen molar-refractivity contribution >= 4 is 6.09 Å². The average molecular weight is 244 g/mol. The standard InChI is InChI=1S/C12H24N2O3/c1-9(8-15)13-10-5-6-14(7-10)11(16)17-12(2,3)4/h9-10,13,15H,5-8H2,1-4H3/t9-,10?/m1/s1. The van der Waals surface area contributed by atoms with Crippen LogP contribution in [-0.4, -0.2) is 53.5 Å². The van der Waals surface area contributed by atoms with Crippen molar-refractivity contribution in [3.63, 3.8) is 0 Å². The fourth-order valence-electron chi connectivity index (χ4n) is 1.84. The third kappa shape index (κ3) is 4.91. The highest BCUT2D eigenvalue weighted by atomic mass is 16.6. The molecule has 1 aliphatic heterocycles. The number of nitrogens with one attached hydrogen (secondary N) is 1. The van der Waals surface area contributed by atoms with E-state index in [1.807, 2.05) is 27.7 Å². The van der Waals surface area contributed by atoms with Gasteiger partial charge in [-0.2, -0.15) is 0 Å². The van der Waals surface area contributed by atoms with Gasteiger partial charge in [-0.25, -0.2) is 4.79 Å². The maximum Gasteiger partial charge on any atom is 0.410 e. The molecule has 1 aliphatic rings. The minimum absolute atomic E-state index is 0.0681. The lowest BCUT2D eigenvalue weighted by atomic mass is 10.2. The molecule has 0 saturated carbocycles. The number of amides is 1. The van der Waals surface area contributed by atoms with Gasteiger partial charge in [0.15, 0.2) is 0 Å². The Bertz CT molecular complexity index is 263. The molecule has 5 heteroatoms. The first-order valence-electron chi connectivity index (χ1n) is 6.16. The van der Waals surface area contributed by atoms with E-state index in [2.05, 4.69) is 5.32 Å². The zero-order valence-electron chi connectivity index (χ0n) is 11.2. The third-order valence-corrected chi connectivity index (χ3v) is 2.63. The highest BCUT2D eigenvalue weighted by Gasteiger charge is 2.29. The van der Waals surface area contributed by atoms with Crippen LogP contribution in [-0.2, 0) is 4.74 Å². The Labute approximate surface area is 103 Å². The molecule has 0 aromatic rings. The van der Waals surface area contributed by atoms with Crippen molar-refractivity contribution in [3.05, 3.63) is 0 Å². The summed E-state index contributed by atoms with van der Waals surface area (Å²) in [6, 6.07) is 0.322. The van der Waals surface area contributed by atoms with Crippen LogP contribution in [0.1, 0.15) is 34.1 Å². The quantitative estimate of drug-likeness (QED) is 0.776. The molecule has 0 aromatic carbocycles. The summed E-state index contributed by atoms with van der Waals surface area (Å²) in [5, 5.41) is 12.2. The maximum atomic E-state index is 11.8. The normalized spacial score (nSPS) is 22.6. The molecule has 100 valence electrons. The molecular weight excluding hydrogens is 220 g/mol. The van der Waals surface area contributed by atoms with E-state index < -0.39 is 5.60 Å². The summed E-state index contributed by atoms with van der Waals surface area (Å²) in [6.45, 7) is 9.00. The largest absolute Gasteiger partial charge is 0.444 e. The van der Waals surface area contributed by atoms with E-state index >= 15 is 0 Å². The van der Waals surface area contributed by atoms with Crippen LogP contribution >= 0.6 is 0 Å². The Kier molecular flexibility index (Phi) is 4.77. The second-order valence-electron chi connectivity index (χ2n) is 5.66. The lowest BCUT2D eigenvalue weighted by Gasteiger charge is -2.24. The number of rotatable bonds is 3. The summed E-state index contributed by atoms with van der Waals surface area (Å²) in [6.07, 6.45) is 0.655. The SMILES string of the molecule is C[C@H](CO)NC1CCN(C(=O)OC(C)(C)C)C1. The molecule has 1 fully saturated rings. The van der Waals surface area contributed by atoms with E-state index in [4.69, 9.17) is 9.84 Å². The van der Waals surface area contributed by atoms with Gasteiger partial charge in [-0.3, -0.25) is 0 Å². The number of aliphatic hydroxyl groups is 1. The maximum absolute atomic E-state index is 11.8. The van der Waals surface area contributed by atoms with Crippen LogP contribution in [0.3, 0.4) is 0 Å². The van der Waals surface area contributed by atoms with Gasteiger partial charge < -0.3 is 20.1 Å². The molecule has 1 saturated heterocycles. The molecule has 17 heavy (non-hydrogen) atoms. The van der Waals surface area contributed by atoms with Gasteiger partial charge in [0, 0.05) is 25.2 Å². The summed E-state index contributed by atoms with van der Waals surface area (Å²) in [5.74, 6) is 0. The van der Waals surface area contributed by atoms with E-state index in [9.17, 15) is 4.79 Å². The molecule has 1 heterocycles. The van der Waals surface area contributed by atoms with Gasteiger partial charge in [0.2, 0.25) is 0 Å². The minimum Gasteiger partial charge on any atom is -0.444 e. The van der Waals surface area contributed by atoms with Gasteiger partial charge in [0.05, 0.1) is 6.61 Å². The second-order valence-corrected chi connectivity index (χ2v) is 5.66. The van der Waals surface area contributed by atoms with Crippen molar-refractivity contribution in [1.82, 2.24) is 10.2 Å². The highest BCUT2D eigenvalue weighted by Crippen LogP contribution is 2.15. The molecule has 0 aromatic heterocycles. The zero-order valence-corrected chi connectivity index (χ0v) is 11.2. The van der Waals surface area contributed by atoms with Crippen LogP contribution < -0.4 is 5.32 Å². The molecular formula is C12H24N2O3. The van der Waals surface area contributed by atoms with Gasteiger partial charge >= 0.3 is 6.09 Å². The number of carbonyl (C=O) groups is 1. The minimum atomic E-state index is -0.443. The number of ether oxygens (including phenoxy) is 1. The van der Waals surface area contributed by atoms with Crippen LogP contribution in [0.4, 0.5) is 4.79 Å². The molecule has 1 rings (SSSR count). The molecule has 0 aliphatic carbocycles. The average Bonchev–Trinajstić information content (AvgIpc) is 2.63. The summed E-state index contributed by atoms with van der Waals surface area (Å²) in [7, 11) is 0. The summed E-state index contributed by atoms with van der Waals surface area (Å²) in [5.41, 5.74) is -0.443. The van der Waals surface area contributed by atoms with E-state index in [-0.39, 0.29) is 24.8 Å². The third-order valence-electron chi connectivity index (χ3n) is 2.63. The second kappa shape index (κ2) is 5.69. The van der Waals surface area contributed by atoms with Crippen LogP contribution in [0.2, 0.25) is 0 Å². The van der Waals surface area contributed by atoms with Gasteiger partial charge in [0.25, 0.3) is 0 Å². The first kappa shape index (κ1) is 14.3. The zero-order chi connectivity index (χ0) is 13.1. The van der Waals surface area contributed by atoms with Crippen molar-refractivity contribution < 1.29 is 14.6 Å². The lowest BCUT2D eigenvalue weighted by Crippen LogP contribution is -2.42. The molecule has 2 N–H and O–H groups in total.